The molecule has 82 valence electrons. The lowest BCUT2D eigenvalue weighted by Crippen LogP contribution is -2.30. The molecule has 1 aliphatic heterocycles. The van der Waals surface area contributed by atoms with Gasteiger partial charge >= 0.3 is 0 Å². The van der Waals surface area contributed by atoms with E-state index in [-0.39, 0.29) is 6.04 Å². The third-order valence-electron chi connectivity index (χ3n) is 2.34. The van der Waals surface area contributed by atoms with Crippen LogP contribution in [0, 0.1) is 5.82 Å². The number of hydrogen-bond acceptors (Lipinski definition) is 4. The summed E-state index contributed by atoms with van der Waals surface area (Å²) in [5, 5.41) is 3.11. The molecule has 1 N–H and O–H groups in total. The Morgan fingerprint density at radius 1 is 1.33 bits per heavy atom. The highest BCUT2D eigenvalue weighted by atomic mass is 32.2. The fourth-order valence-electron chi connectivity index (χ4n) is 1.51. The van der Waals surface area contributed by atoms with Crippen LogP contribution in [0.3, 0.4) is 0 Å². The van der Waals surface area contributed by atoms with Crippen LogP contribution in [0.15, 0.2) is 12.4 Å². The molecule has 0 atom stereocenters. The van der Waals surface area contributed by atoms with Crippen molar-refractivity contribution in [1.29, 1.82) is 0 Å². The first-order valence-corrected chi connectivity index (χ1v) is 6.32. The molecule has 1 fully saturated rings. The number of hydrogen-bond donors (Lipinski definition) is 1. The Labute approximate surface area is 89.8 Å². The van der Waals surface area contributed by atoms with Gasteiger partial charge in [0.05, 0.1) is 12.4 Å². The second kappa shape index (κ2) is 4.65. The highest BCUT2D eigenvalue weighted by molar-refractivity contribution is 7.85. The zero-order valence-corrected chi connectivity index (χ0v) is 8.97. The summed E-state index contributed by atoms with van der Waals surface area (Å²) < 4.78 is 23.6. The zero-order chi connectivity index (χ0) is 10.7. The van der Waals surface area contributed by atoms with E-state index in [2.05, 4.69) is 15.3 Å². The third kappa shape index (κ3) is 2.95. The van der Waals surface area contributed by atoms with Crippen molar-refractivity contribution in [3.05, 3.63) is 18.2 Å². The number of aromatic nitrogens is 2. The molecule has 6 heteroatoms. The van der Waals surface area contributed by atoms with Gasteiger partial charge in [0.1, 0.15) is 0 Å². The molecule has 1 aliphatic rings. The van der Waals surface area contributed by atoms with E-state index >= 15 is 0 Å². The summed E-state index contributed by atoms with van der Waals surface area (Å²) in [5.41, 5.74) is 0. The second-order valence-electron chi connectivity index (χ2n) is 3.49. The minimum atomic E-state index is -0.663. The van der Waals surface area contributed by atoms with Crippen molar-refractivity contribution in [1.82, 2.24) is 9.97 Å². The maximum atomic E-state index is 12.5. The van der Waals surface area contributed by atoms with Crippen LogP contribution in [0.25, 0.3) is 0 Å². The Kier molecular flexibility index (Phi) is 3.25. The maximum absolute atomic E-state index is 12.5. The largest absolute Gasteiger partial charge is 0.351 e. The highest BCUT2D eigenvalue weighted by Gasteiger charge is 2.18. The van der Waals surface area contributed by atoms with Gasteiger partial charge in [-0.15, -0.1) is 0 Å². The van der Waals surface area contributed by atoms with E-state index in [1.54, 1.807) is 0 Å². The normalized spacial score (nSPS) is 26.2. The van der Waals surface area contributed by atoms with Crippen LogP contribution in [-0.2, 0) is 10.8 Å². The van der Waals surface area contributed by atoms with E-state index in [1.807, 2.05) is 0 Å². The SMILES string of the molecule is O=S1CCC(Nc2ncc(F)cn2)CC1. The smallest absolute Gasteiger partial charge is 0.222 e. The lowest BCUT2D eigenvalue weighted by Gasteiger charge is -2.22. The molecule has 0 radical (unpaired) electrons. The molecule has 0 unspecified atom stereocenters. The van der Waals surface area contributed by atoms with Gasteiger partial charge in [-0.1, -0.05) is 0 Å². The van der Waals surface area contributed by atoms with Crippen molar-refractivity contribution in [2.24, 2.45) is 0 Å². The van der Waals surface area contributed by atoms with Crippen LogP contribution < -0.4 is 5.32 Å². The molecule has 2 heterocycles. The summed E-state index contributed by atoms with van der Waals surface area (Å²) in [7, 11) is -0.663. The first-order chi connectivity index (χ1) is 7.24. The van der Waals surface area contributed by atoms with E-state index in [4.69, 9.17) is 0 Å². The van der Waals surface area contributed by atoms with Crippen LogP contribution in [0.1, 0.15) is 12.8 Å². The average Bonchev–Trinajstić information content (AvgIpc) is 2.25. The molecule has 1 saturated heterocycles. The lowest BCUT2D eigenvalue weighted by atomic mass is 10.2. The van der Waals surface area contributed by atoms with Gasteiger partial charge in [-0.25, -0.2) is 14.4 Å². The Morgan fingerprint density at radius 3 is 2.53 bits per heavy atom. The molecule has 4 nitrogen and oxygen atoms in total. The Balaban J connectivity index is 1.91. The number of nitrogens with zero attached hydrogens (tertiary/aromatic N) is 2. The quantitative estimate of drug-likeness (QED) is 0.820. The van der Waals surface area contributed by atoms with Crippen molar-refractivity contribution in [2.45, 2.75) is 18.9 Å². The van der Waals surface area contributed by atoms with Crippen LogP contribution in [0.2, 0.25) is 0 Å². The summed E-state index contributed by atoms with van der Waals surface area (Å²) in [4.78, 5) is 7.64. The van der Waals surface area contributed by atoms with Crippen molar-refractivity contribution in [3.8, 4) is 0 Å². The number of anilines is 1. The minimum absolute atomic E-state index is 0.258. The van der Waals surface area contributed by atoms with Gasteiger partial charge in [0.2, 0.25) is 5.95 Å². The fraction of sp³-hybridized carbons (Fsp3) is 0.556. The van der Waals surface area contributed by atoms with E-state index in [9.17, 15) is 8.60 Å². The van der Waals surface area contributed by atoms with Crippen LogP contribution >= 0.6 is 0 Å². The average molecular weight is 229 g/mol. The summed E-state index contributed by atoms with van der Waals surface area (Å²) in [6.07, 6.45) is 3.98. The number of nitrogens with one attached hydrogen (secondary N) is 1. The van der Waals surface area contributed by atoms with Crippen molar-refractivity contribution < 1.29 is 8.60 Å². The molecule has 0 aromatic carbocycles. The summed E-state index contributed by atoms with van der Waals surface area (Å²) in [6.45, 7) is 0. The van der Waals surface area contributed by atoms with Crippen molar-refractivity contribution in [3.63, 3.8) is 0 Å². The fourth-order valence-corrected chi connectivity index (χ4v) is 2.81. The molecule has 15 heavy (non-hydrogen) atoms. The van der Waals surface area contributed by atoms with Crippen LogP contribution in [-0.4, -0.2) is 31.7 Å². The Bertz CT molecular complexity index is 347. The molecule has 0 spiro atoms. The molecule has 2 rings (SSSR count). The van der Waals surface area contributed by atoms with Crippen LogP contribution in [0.4, 0.5) is 10.3 Å². The van der Waals surface area contributed by atoms with E-state index in [0.29, 0.717) is 5.95 Å². The van der Waals surface area contributed by atoms with Gasteiger partial charge in [-0.3, -0.25) is 4.21 Å². The number of halogens is 1. The highest BCUT2D eigenvalue weighted by Crippen LogP contribution is 2.13. The maximum Gasteiger partial charge on any atom is 0.222 e. The van der Waals surface area contributed by atoms with Gasteiger partial charge in [0.25, 0.3) is 0 Å². The molecule has 1 aromatic rings. The van der Waals surface area contributed by atoms with Gasteiger partial charge in [0, 0.05) is 28.3 Å². The minimum Gasteiger partial charge on any atom is -0.351 e. The van der Waals surface area contributed by atoms with Crippen molar-refractivity contribution in [2.75, 3.05) is 16.8 Å². The molecule has 1 aromatic heterocycles. The predicted molar refractivity (Wildman–Crippen MR) is 56.5 cm³/mol. The van der Waals surface area contributed by atoms with Crippen molar-refractivity contribution >= 4 is 16.7 Å². The molecule has 0 amide bonds. The van der Waals surface area contributed by atoms with Crippen LogP contribution in [0.5, 0.6) is 0 Å². The molecule has 0 bridgehead atoms. The Morgan fingerprint density at radius 2 is 1.93 bits per heavy atom. The monoisotopic (exact) mass is 229 g/mol. The van der Waals surface area contributed by atoms with E-state index in [0.717, 1.165) is 36.7 Å². The second-order valence-corrected chi connectivity index (χ2v) is 5.19. The third-order valence-corrected chi connectivity index (χ3v) is 3.72. The number of rotatable bonds is 2. The summed E-state index contributed by atoms with van der Waals surface area (Å²) >= 11 is 0. The van der Waals surface area contributed by atoms with Gasteiger partial charge in [0.15, 0.2) is 5.82 Å². The predicted octanol–water partition coefficient (Wildman–Crippen LogP) is 0.939. The van der Waals surface area contributed by atoms with E-state index in [1.165, 1.54) is 0 Å². The Hall–Kier alpha value is -1.04. The summed E-state index contributed by atoms with van der Waals surface area (Å²) in [6, 6.07) is 0.258. The molecular formula is C9H12FN3OS. The standard InChI is InChI=1S/C9H12FN3OS/c10-7-5-11-9(12-6-7)13-8-1-3-15(14)4-2-8/h5-6,8H,1-4H2,(H,11,12,13). The van der Waals surface area contributed by atoms with Gasteiger partial charge in [-0.2, -0.15) is 0 Å². The van der Waals surface area contributed by atoms with E-state index < -0.39 is 16.6 Å². The first-order valence-electron chi connectivity index (χ1n) is 4.83. The van der Waals surface area contributed by atoms with Gasteiger partial charge < -0.3 is 5.32 Å². The lowest BCUT2D eigenvalue weighted by molar-refractivity contribution is 0.605. The molecular weight excluding hydrogens is 217 g/mol. The zero-order valence-electron chi connectivity index (χ0n) is 8.15. The first kappa shape index (κ1) is 10.5. The summed E-state index contributed by atoms with van der Waals surface area (Å²) in [5.74, 6) is 1.44. The molecule has 0 aliphatic carbocycles. The van der Waals surface area contributed by atoms with Gasteiger partial charge in [-0.05, 0) is 12.8 Å². The molecule has 0 saturated carbocycles. The topological polar surface area (TPSA) is 54.9 Å².